The first-order valence-corrected chi connectivity index (χ1v) is 13.0. The van der Waals surface area contributed by atoms with Crippen LogP contribution in [0.1, 0.15) is 0 Å². The summed E-state index contributed by atoms with van der Waals surface area (Å²) in [6, 6.07) is 49.4. The van der Waals surface area contributed by atoms with Gasteiger partial charge in [0.2, 0.25) is 0 Å². The standard InChI is InChI=1S/C36H25NO2/c38-35-13-7-8-14-36(35)39-30-19-17-29(18-20-30)37-33-21-15-27(25-9-3-1-4-10-25)23-31(33)32-24-28(16-22-34(32)37)26-11-5-2-6-12-26/h1-24,38H. The van der Waals surface area contributed by atoms with Crippen molar-refractivity contribution in [2.45, 2.75) is 0 Å². The molecular weight excluding hydrogens is 478 g/mol. The Balaban J connectivity index is 1.39. The van der Waals surface area contributed by atoms with Crippen LogP contribution in [0.5, 0.6) is 17.2 Å². The van der Waals surface area contributed by atoms with Crippen LogP contribution >= 0.6 is 0 Å². The second-order valence-corrected chi connectivity index (χ2v) is 9.60. The zero-order valence-corrected chi connectivity index (χ0v) is 21.2. The number of aromatic nitrogens is 1. The molecule has 0 saturated heterocycles. The summed E-state index contributed by atoms with van der Waals surface area (Å²) < 4.78 is 8.23. The Kier molecular flexibility index (Phi) is 5.60. The SMILES string of the molecule is Oc1ccccc1Oc1ccc(-n2c3ccc(-c4ccccc4)cc3c3cc(-c4ccccc4)ccc32)cc1. The lowest BCUT2D eigenvalue weighted by molar-refractivity contribution is 0.411. The Labute approximate surface area is 226 Å². The normalized spacial score (nSPS) is 11.2. The van der Waals surface area contributed by atoms with Gasteiger partial charge < -0.3 is 14.4 Å². The third kappa shape index (κ3) is 4.20. The third-order valence-corrected chi connectivity index (χ3v) is 7.17. The van der Waals surface area contributed by atoms with E-state index in [1.54, 1.807) is 18.2 Å². The van der Waals surface area contributed by atoms with Gasteiger partial charge in [0.15, 0.2) is 11.5 Å². The Morgan fingerprint density at radius 2 is 0.974 bits per heavy atom. The number of para-hydroxylation sites is 2. The molecule has 7 rings (SSSR count). The largest absolute Gasteiger partial charge is 0.504 e. The fourth-order valence-corrected chi connectivity index (χ4v) is 5.26. The van der Waals surface area contributed by atoms with Gasteiger partial charge in [-0.3, -0.25) is 0 Å². The van der Waals surface area contributed by atoms with Crippen molar-refractivity contribution in [1.29, 1.82) is 0 Å². The number of nitrogens with zero attached hydrogens (tertiary/aromatic N) is 1. The summed E-state index contributed by atoms with van der Waals surface area (Å²) in [5.74, 6) is 1.22. The molecule has 0 amide bonds. The number of hydrogen-bond donors (Lipinski definition) is 1. The predicted molar refractivity (Wildman–Crippen MR) is 160 cm³/mol. The van der Waals surface area contributed by atoms with E-state index in [1.165, 1.54) is 33.0 Å². The van der Waals surface area contributed by atoms with Gasteiger partial charge in [0, 0.05) is 16.5 Å². The molecule has 3 nitrogen and oxygen atoms in total. The molecule has 1 aromatic heterocycles. The lowest BCUT2D eigenvalue weighted by Crippen LogP contribution is -1.94. The van der Waals surface area contributed by atoms with Crippen molar-refractivity contribution >= 4 is 21.8 Å². The van der Waals surface area contributed by atoms with Crippen molar-refractivity contribution in [3.8, 4) is 45.2 Å². The zero-order chi connectivity index (χ0) is 26.2. The van der Waals surface area contributed by atoms with E-state index in [1.807, 2.05) is 30.3 Å². The summed E-state index contributed by atoms with van der Waals surface area (Å²) >= 11 is 0. The molecule has 39 heavy (non-hydrogen) atoms. The number of rotatable bonds is 5. The van der Waals surface area contributed by atoms with Crippen LogP contribution in [-0.4, -0.2) is 9.67 Å². The molecule has 7 aromatic rings. The molecule has 0 atom stereocenters. The van der Waals surface area contributed by atoms with Gasteiger partial charge in [-0.05, 0) is 82.9 Å². The highest BCUT2D eigenvalue weighted by molar-refractivity contribution is 6.11. The fourth-order valence-electron chi connectivity index (χ4n) is 5.26. The first-order valence-electron chi connectivity index (χ1n) is 13.0. The molecule has 0 unspecified atom stereocenters. The molecule has 6 aromatic carbocycles. The van der Waals surface area contributed by atoms with Crippen molar-refractivity contribution in [3.63, 3.8) is 0 Å². The highest BCUT2D eigenvalue weighted by Crippen LogP contribution is 2.38. The molecule has 0 spiro atoms. The molecule has 1 N–H and O–H groups in total. The molecule has 3 heteroatoms. The molecule has 0 saturated carbocycles. The molecule has 0 bridgehead atoms. The second kappa shape index (κ2) is 9.55. The van der Waals surface area contributed by atoms with Crippen molar-refractivity contribution in [2.24, 2.45) is 0 Å². The minimum Gasteiger partial charge on any atom is -0.504 e. The van der Waals surface area contributed by atoms with E-state index in [-0.39, 0.29) is 5.75 Å². The summed E-state index contributed by atoms with van der Waals surface area (Å²) in [5, 5.41) is 12.5. The van der Waals surface area contributed by atoms with Crippen LogP contribution in [0.15, 0.2) is 146 Å². The molecule has 0 fully saturated rings. The summed E-state index contributed by atoms with van der Waals surface area (Å²) in [6.07, 6.45) is 0. The van der Waals surface area contributed by atoms with Gasteiger partial charge in [-0.2, -0.15) is 0 Å². The number of ether oxygens (including phenoxy) is 1. The molecule has 0 aliphatic carbocycles. The Morgan fingerprint density at radius 1 is 0.462 bits per heavy atom. The third-order valence-electron chi connectivity index (χ3n) is 7.17. The Hall–Kier alpha value is -5.28. The van der Waals surface area contributed by atoms with Crippen molar-refractivity contribution < 1.29 is 9.84 Å². The smallest absolute Gasteiger partial charge is 0.169 e. The average Bonchev–Trinajstić information content (AvgIpc) is 3.32. The van der Waals surface area contributed by atoms with Gasteiger partial charge in [0.25, 0.3) is 0 Å². The molecule has 0 aliphatic heterocycles. The second-order valence-electron chi connectivity index (χ2n) is 9.60. The summed E-state index contributed by atoms with van der Waals surface area (Å²) in [5.41, 5.74) is 8.11. The quantitative estimate of drug-likeness (QED) is 0.254. The van der Waals surface area contributed by atoms with Crippen molar-refractivity contribution in [3.05, 3.63) is 146 Å². The molecule has 186 valence electrons. The molecule has 0 aliphatic rings. The maximum atomic E-state index is 10.1. The van der Waals surface area contributed by atoms with E-state index in [0.717, 1.165) is 16.7 Å². The minimum absolute atomic E-state index is 0.118. The van der Waals surface area contributed by atoms with E-state index in [2.05, 4.69) is 102 Å². The van der Waals surface area contributed by atoms with Gasteiger partial charge >= 0.3 is 0 Å². The van der Waals surface area contributed by atoms with Crippen LogP contribution in [0.4, 0.5) is 0 Å². The van der Waals surface area contributed by atoms with Crippen molar-refractivity contribution in [1.82, 2.24) is 4.57 Å². The van der Waals surface area contributed by atoms with Gasteiger partial charge in [-0.25, -0.2) is 0 Å². The van der Waals surface area contributed by atoms with E-state index < -0.39 is 0 Å². The number of hydrogen-bond acceptors (Lipinski definition) is 2. The first kappa shape index (κ1) is 22.9. The van der Waals surface area contributed by atoms with Crippen LogP contribution < -0.4 is 4.74 Å². The first-order chi connectivity index (χ1) is 19.2. The van der Waals surface area contributed by atoms with E-state index in [0.29, 0.717) is 11.5 Å². The molecule has 0 radical (unpaired) electrons. The maximum absolute atomic E-state index is 10.1. The summed E-state index contributed by atoms with van der Waals surface area (Å²) in [6.45, 7) is 0. The number of fused-ring (bicyclic) bond motifs is 3. The van der Waals surface area contributed by atoms with E-state index in [4.69, 9.17) is 4.74 Å². The highest BCUT2D eigenvalue weighted by atomic mass is 16.5. The number of benzene rings is 6. The average molecular weight is 504 g/mol. The van der Waals surface area contributed by atoms with Crippen LogP contribution in [0, 0.1) is 0 Å². The van der Waals surface area contributed by atoms with E-state index in [9.17, 15) is 5.11 Å². The van der Waals surface area contributed by atoms with Crippen LogP contribution in [-0.2, 0) is 0 Å². The highest BCUT2D eigenvalue weighted by Gasteiger charge is 2.15. The topological polar surface area (TPSA) is 34.4 Å². The van der Waals surface area contributed by atoms with Gasteiger partial charge in [0.1, 0.15) is 5.75 Å². The lowest BCUT2D eigenvalue weighted by atomic mass is 10.0. The van der Waals surface area contributed by atoms with E-state index >= 15 is 0 Å². The minimum atomic E-state index is 0.118. The number of aromatic hydroxyl groups is 1. The number of phenols is 1. The zero-order valence-electron chi connectivity index (χ0n) is 21.2. The van der Waals surface area contributed by atoms with Gasteiger partial charge in [-0.1, -0.05) is 84.9 Å². The summed E-state index contributed by atoms with van der Waals surface area (Å²) in [7, 11) is 0. The Morgan fingerprint density at radius 3 is 1.51 bits per heavy atom. The Bertz CT molecular complexity index is 1820. The van der Waals surface area contributed by atoms with Crippen LogP contribution in [0.25, 0.3) is 49.7 Å². The lowest BCUT2D eigenvalue weighted by Gasteiger charge is -2.11. The summed E-state index contributed by atoms with van der Waals surface area (Å²) in [4.78, 5) is 0. The monoisotopic (exact) mass is 503 g/mol. The molecular formula is C36H25NO2. The van der Waals surface area contributed by atoms with Crippen LogP contribution in [0.2, 0.25) is 0 Å². The fraction of sp³-hybridized carbons (Fsp3) is 0. The van der Waals surface area contributed by atoms with Gasteiger partial charge in [-0.15, -0.1) is 0 Å². The number of phenolic OH excluding ortho intramolecular Hbond substituents is 1. The van der Waals surface area contributed by atoms with Gasteiger partial charge in [0.05, 0.1) is 11.0 Å². The maximum Gasteiger partial charge on any atom is 0.169 e. The predicted octanol–water partition coefficient (Wildman–Crippen LogP) is 9.62. The van der Waals surface area contributed by atoms with Crippen molar-refractivity contribution in [2.75, 3.05) is 0 Å². The molecule has 1 heterocycles. The van der Waals surface area contributed by atoms with Crippen LogP contribution in [0.3, 0.4) is 0 Å².